The number of aryl methyl sites for hydroxylation is 2. The van der Waals surface area contributed by atoms with Crippen molar-refractivity contribution in [2.45, 2.75) is 23.6 Å². The summed E-state index contributed by atoms with van der Waals surface area (Å²) in [6, 6.07) is 19.1. The van der Waals surface area contributed by atoms with E-state index >= 15 is 0 Å². The van der Waals surface area contributed by atoms with Crippen molar-refractivity contribution in [2.75, 3.05) is 24.4 Å². The van der Waals surface area contributed by atoms with Gasteiger partial charge in [0.15, 0.2) is 6.61 Å². The Labute approximate surface area is 205 Å². The fourth-order valence-electron chi connectivity index (χ4n) is 3.03. The molecule has 0 aliphatic heterocycles. The van der Waals surface area contributed by atoms with E-state index in [1.54, 1.807) is 30.3 Å². The molecular weight excluding hydrogens is 490 g/mol. The number of sulfonamides is 2. The topological polar surface area (TPSA) is 131 Å². The van der Waals surface area contributed by atoms with Gasteiger partial charge in [-0.05, 0) is 67.9 Å². The fraction of sp³-hybridized carbons (Fsp3) is 0.208. The van der Waals surface area contributed by atoms with Gasteiger partial charge in [-0.1, -0.05) is 29.8 Å². The molecule has 35 heavy (non-hydrogen) atoms. The lowest BCUT2D eigenvalue weighted by atomic mass is 10.2. The molecule has 1 amide bonds. The lowest BCUT2D eigenvalue weighted by Crippen LogP contribution is -2.36. The van der Waals surface area contributed by atoms with Crippen LogP contribution in [0.5, 0.6) is 5.75 Å². The Bertz CT molecular complexity index is 1370. The largest absolute Gasteiger partial charge is 0.484 e. The van der Waals surface area contributed by atoms with E-state index < -0.39 is 26.0 Å². The molecule has 0 radical (unpaired) electrons. The SMILES string of the molecule is Cc1ccc(S(=O)(=O)NCCNC(=O)COc2ccc(S(=O)(=O)Nc3cccc(C)c3)cc2)cc1. The number of carbonyl (C=O) groups excluding carboxylic acids is 1. The lowest BCUT2D eigenvalue weighted by Gasteiger charge is -2.11. The van der Waals surface area contributed by atoms with Crippen LogP contribution in [0.4, 0.5) is 5.69 Å². The quantitative estimate of drug-likeness (QED) is 0.335. The van der Waals surface area contributed by atoms with Gasteiger partial charge in [-0.2, -0.15) is 0 Å². The molecule has 0 saturated carbocycles. The second-order valence-electron chi connectivity index (χ2n) is 7.80. The van der Waals surface area contributed by atoms with Crippen molar-refractivity contribution in [1.29, 1.82) is 0 Å². The molecule has 3 aromatic carbocycles. The molecule has 0 fully saturated rings. The second-order valence-corrected chi connectivity index (χ2v) is 11.2. The summed E-state index contributed by atoms with van der Waals surface area (Å²) >= 11 is 0. The molecular formula is C24H27N3O6S2. The Hall–Kier alpha value is -3.41. The molecule has 0 saturated heterocycles. The number of nitrogens with one attached hydrogen (secondary N) is 3. The number of benzene rings is 3. The smallest absolute Gasteiger partial charge is 0.261 e. The number of hydrogen-bond acceptors (Lipinski definition) is 6. The Morgan fingerprint density at radius 2 is 1.40 bits per heavy atom. The summed E-state index contributed by atoms with van der Waals surface area (Å²) in [6.45, 7) is 3.52. The number of carbonyl (C=O) groups is 1. The molecule has 0 unspecified atom stereocenters. The molecule has 0 spiro atoms. The van der Waals surface area contributed by atoms with Crippen molar-refractivity contribution in [3.63, 3.8) is 0 Å². The summed E-state index contributed by atoms with van der Waals surface area (Å²) in [5.74, 6) is -0.132. The molecule has 0 atom stereocenters. The lowest BCUT2D eigenvalue weighted by molar-refractivity contribution is -0.123. The van der Waals surface area contributed by atoms with Gasteiger partial charge in [0.05, 0.1) is 9.79 Å². The van der Waals surface area contributed by atoms with Crippen LogP contribution in [0.2, 0.25) is 0 Å². The number of amides is 1. The van der Waals surface area contributed by atoms with Crippen LogP contribution in [-0.2, 0) is 24.8 Å². The Balaban J connectivity index is 1.43. The van der Waals surface area contributed by atoms with Crippen molar-refractivity contribution >= 4 is 31.6 Å². The summed E-state index contributed by atoms with van der Waals surface area (Å²) in [5, 5.41) is 2.56. The van der Waals surface area contributed by atoms with Crippen LogP contribution in [0, 0.1) is 13.8 Å². The third-order valence-electron chi connectivity index (χ3n) is 4.84. The van der Waals surface area contributed by atoms with Crippen LogP contribution in [0.1, 0.15) is 11.1 Å². The Morgan fingerprint density at radius 1 is 0.771 bits per heavy atom. The molecule has 3 N–H and O–H groups in total. The fourth-order valence-corrected chi connectivity index (χ4v) is 5.11. The highest BCUT2D eigenvalue weighted by molar-refractivity contribution is 7.92. The zero-order valence-corrected chi connectivity index (χ0v) is 20.9. The zero-order valence-electron chi connectivity index (χ0n) is 19.3. The molecule has 3 rings (SSSR count). The van der Waals surface area contributed by atoms with E-state index in [-0.39, 0.29) is 29.5 Å². The maximum absolute atomic E-state index is 12.5. The minimum absolute atomic E-state index is 0.0163. The molecule has 0 heterocycles. The first-order valence-corrected chi connectivity index (χ1v) is 13.7. The number of anilines is 1. The highest BCUT2D eigenvalue weighted by Crippen LogP contribution is 2.20. The first kappa shape index (κ1) is 26.2. The van der Waals surface area contributed by atoms with Crippen LogP contribution in [0.15, 0.2) is 82.6 Å². The summed E-state index contributed by atoms with van der Waals surface area (Å²) in [6.07, 6.45) is 0. The van der Waals surface area contributed by atoms with E-state index in [0.717, 1.165) is 11.1 Å². The van der Waals surface area contributed by atoms with E-state index in [0.29, 0.717) is 11.4 Å². The monoisotopic (exact) mass is 517 g/mol. The minimum Gasteiger partial charge on any atom is -0.484 e. The Kier molecular flexibility index (Phi) is 8.49. The third kappa shape index (κ3) is 7.81. The van der Waals surface area contributed by atoms with Crippen LogP contribution in [0.25, 0.3) is 0 Å². The average Bonchev–Trinajstić information content (AvgIpc) is 2.81. The standard InChI is InChI=1S/C24H27N3O6S2/c1-18-6-10-22(11-7-18)34(29,30)26-15-14-25-24(28)17-33-21-8-12-23(13-9-21)35(31,32)27-20-5-3-4-19(2)16-20/h3-13,16,26-27H,14-15,17H2,1-2H3,(H,25,28). The summed E-state index contributed by atoms with van der Waals surface area (Å²) < 4.78 is 59.8. The van der Waals surface area contributed by atoms with Gasteiger partial charge in [0, 0.05) is 18.8 Å². The van der Waals surface area contributed by atoms with Gasteiger partial charge in [-0.3, -0.25) is 9.52 Å². The van der Waals surface area contributed by atoms with Crippen molar-refractivity contribution < 1.29 is 26.4 Å². The van der Waals surface area contributed by atoms with Crippen LogP contribution in [-0.4, -0.2) is 42.4 Å². The van der Waals surface area contributed by atoms with E-state index in [1.807, 2.05) is 19.9 Å². The first-order valence-electron chi connectivity index (χ1n) is 10.7. The number of hydrogen-bond donors (Lipinski definition) is 3. The molecule has 11 heteroatoms. The highest BCUT2D eigenvalue weighted by Gasteiger charge is 2.15. The molecule has 3 aromatic rings. The van der Waals surface area contributed by atoms with Crippen molar-refractivity contribution in [1.82, 2.24) is 10.0 Å². The first-order chi connectivity index (χ1) is 16.5. The second kappa shape index (κ2) is 11.3. The summed E-state index contributed by atoms with van der Waals surface area (Å²) in [5.41, 5.74) is 2.34. The molecule has 0 aliphatic carbocycles. The average molecular weight is 518 g/mol. The van der Waals surface area contributed by atoms with Gasteiger partial charge in [0.2, 0.25) is 10.0 Å². The van der Waals surface area contributed by atoms with Gasteiger partial charge in [0.1, 0.15) is 5.75 Å². The molecule has 0 aromatic heterocycles. The number of ether oxygens (including phenoxy) is 1. The molecule has 0 bridgehead atoms. The van der Waals surface area contributed by atoms with Crippen LogP contribution in [0.3, 0.4) is 0 Å². The van der Waals surface area contributed by atoms with E-state index in [2.05, 4.69) is 14.8 Å². The predicted octanol–water partition coefficient (Wildman–Crippen LogP) is 2.58. The van der Waals surface area contributed by atoms with Gasteiger partial charge >= 0.3 is 0 Å². The van der Waals surface area contributed by atoms with E-state index in [9.17, 15) is 21.6 Å². The van der Waals surface area contributed by atoms with Crippen molar-refractivity contribution in [2.24, 2.45) is 0 Å². The maximum atomic E-state index is 12.5. The molecule has 186 valence electrons. The van der Waals surface area contributed by atoms with E-state index in [1.165, 1.54) is 36.4 Å². The Morgan fingerprint density at radius 3 is 2.06 bits per heavy atom. The van der Waals surface area contributed by atoms with Gasteiger partial charge in [-0.25, -0.2) is 21.6 Å². The summed E-state index contributed by atoms with van der Waals surface area (Å²) in [4.78, 5) is 12.2. The highest BCUT2D eigenvalue weighted by atomic mass is 32.2. The van der Waals surface area contributed by atoms with Gasteiger partial charge < -0.3 is 10.1 Å². The zero-order chi connectivity index (χ0) is 25.5. The van der Waals surface area contributed by atoms with E-state index in [4.69, 9.17) is 4.74 Å². The molecule has 0 aliphatic rings. The van der Waals surface area contributed by atoms with Crippen molar-refractivity contribution in [3.05, 3.63) is 83.9 Å². The van der Waals surface area contributed by atoms with Crippen LogP contribution >= 0.6 is 0 Å². The van der Waals surface area contributed by atoms with Crippen molar-refractivity contribution in [3.8, 4) is 5.75 Å². The van der Waals surface area contributed by atoms with Gasteiger partial charge in [0.25, 0.3) is 15.9 Å². The van der Waals surface area contributed by atoms with Crippen LogP contribution < -0.4 is 19.5 Å². The third-order valence-corrected chi connectivity index (χ3v) is 7.72. The minimum atomic E-state index is -3.77. The predicted molar refractivity (Wildman–Crippen MR) is 133 cm³/mol. The summed E-state index contributed by atoms with van der Waals surface area (Å²) in [7, 11) is -7.42. The number of rotatable bonds is 11. The normalized spacial score (nSPS) is 11.6. The van der Waals surface area contributed by atoms with Gasteiger partial charge in [-0.15, -0.1) is 0 Å². The molecule has 9 nitrogen and oxygen atoms in total. The maximum Gasteiger partial charge on any atom is 0.261 e.